The van der Waals surface area contributed by atoms with Crippen molar-refractivity contribution in [2.24, 2.45) is 0 Å². The first-order valence-corrected chi connectivity index (χ1v) is 9.14. The topological polar surface area (TPSA) is 12.0 Å². The van der Waals surface area contributed by atoms with Crippen molar-refractivity contribution in [1.82, 2.24) is 5.32 Å². The summed E-state index contributed by atoms with van der Waals surface area (Å²) < 4.78 is 0. The minimum atomic E-state index is 0.545. The van der Waals surface area contributed by atoms with Gasteiger partial charge in [-0.3, -0.25) is 0 Å². The maximum absolute atomic E-state index is 3.53. The molecule has 118 valence electrons. The van der Waals surface area contributed by atoms with Crippen LogP contribution in [0.25, 0.3) is 0 Å². The van der Waals surface area contributed by atoms with Gasteiger partial charge >= 0.3 is 0 Å². The highest BCUT2D eigenvalue weighted by atomic mass is 14.9. The Hall–Kier alpha value is -0.820. The number of unbranched alkanes of at least 4 members (excludes halogenated alkanes) is 5. The highest BCUT2D eigenvalue weighted by Crippen LogP contribution is 2.27. The van der Waals surface area contributed by atoms with E-state index in [9.17, 15) is 0 Å². The standard InChI is InChI=1S/C20H33N/c1-3-4-5-6-7-8-13-20(21-2)19-15-14-17-11-9-10-12-18(17)16-19/h14-16,20-21H,3-13H2,1-2H3. The Bertz CT molecular complexity index is 410. The fraction of sp³-hybridized carbons (Fsp3) is 0.700. The maximum Gasteiger partial charge on any atom is 0.0317 e. The Morgan fingerprint density at radius 1 is 0.952 bits per heavy atom. The van der Waals surface area contributed by atoms with Crippen molar-refractivity contribution in [3.8, 4) is 0 Å². The van der Waals surface area contributed by atoms with Crippen molar-refractivity contribution < 1.29 is 0 Å². The van der Waals surface area contributed by atoms with Crippen molar-refractivity contribution in [3.05, 3.63) is 34.9 Å². The number of nitrogens with one attached hydrogen (secondary N) is 1. The van der Waals surface area contributed by atoms with Crippen LogP contribution in [0, 0.1) is 0 Å². The third kappa shape index (κ3) is 5.14. The van der Waals surface area contributed by atoms with Crippen molar-refractivity contribution >= 4 is 0 Å². The minimum absolute atomic E-state index is 0.545. The normalized spacial score (nSPS) is 15.7. The summed E-state index contributed by atoms with van der Waals surface area (Å²) in [6.07, 6.45) is 14.9. The molecule has 0 aromatic heterocycles. The average molecular weight is 287 g/mol. The molecular formula is C20H33N. The molecule has 1 aromatic rings. The molecule has 2 rings (SSSR count). The third-order valence-corrected chi connectivity index (χ3v) is 4.97. The van der Waals surface area contributed by atoms with E-state index >= 15 is 0 Å². The van der Waals surface area contributed by atoms with Gasteiger partial charge in [-0.1, -0.05) is 63.6 Å². The number of hydrogen-bond acceptors (Lipinski definition) is 1. The predicted octanol–water partition coefficient (Wildman–Crippen LogP) is 5.58. The highest BCUT2D eigenvalue weighted by Gasteiger charge is 2.13. The fourth-order valence-electron chi connectivity index (χ4n) is 3.58. The molecule has 0 aliphatic heterocycles. The van der Waals surface area contributed by atoms with Crippen molar-refractivity contribution in [2.75, 3.05) is 7.05 Å². The number of aryl methyl sites for hydroxylation is 2. The molecule has 1 atom stereocenters. The molecule has 0 amide bonds. The summed E-state index contributed by atoms with van der Waals surface area (Å²) in [5.74, 6) is 0. The van der Waals surface area contributed by atoms with Crippen molar-refractivity contribution in [1.29, 1.82) is 0 Å². The van der Waals surface area contributed by atoms with E-state index in [4.69, 9.17) is 0 Å². The SMILES string of the molecule is CCCCCCCCC(NC)c1ccc2c(c1)CCCC2. The molecule has 0 bridgehead atoms. The molecule has 1 unspecified atom stereocenters. The smallest absolute Gasteiger partial charge is 0.0317 e. The Morgan fingerprint density at radius 2 is 1.67 bits per heavy atom. The van der Waals surface area contributed by atoms with Crippen LogP contribution >= 0.6 is 0 Å². The summed E-state index contributed by atoms with van der Waals surface area (Å²) in [5, 5.41) is 3.53. The van der Waals surface area contributed by atoms with Gasteiger partial charge in [-0.25, -0.2) is 0 Å². The number of hydrogen-bond donors (Lipinski definition) is 1. The Labute approximate surface area is 131 Å². The molecule has 1 aliphatic rings. The average Bonchev–Trinajstić information content (AvgIpc) is 2.54. The van der Waals surface area contributed by atoms with Gasteiger partial charge in [0.2, 0.25) is 0 Å². The molecule has 0 saturated carbocycles. The zero-order valence-electron chi connectivity index (χ0n) is 14.1. The molecule has 21 heavy (non-hydrogen) atoms. The number of fused-ring (bicyclic) bond motifs is 1. The summed E-state index contributed by atoms with van der Waals surface area (Å²) in [6.45, 7) is 2.28. The molecule has 0 spiro atoms. The molecule has 0 radical (unpaired) electrons. The van der Waals surface area contributed by atoms with Gasteiger partial charge in [0.1, 0.15) is 0 Å². The summed E-state index contributed by atoms with van der Waals surface area (Å²) in [4.78, 5) is 0. The van der Waals surface area contributed by atoms with E-state index in [1.54, 1.807) is 11.1 Å². The molecule has 0 saturated heterocycles. The van der Waals surface area contributed by atoms with Crippen LogP contribution in [-0.2, 0) is 12.8 Å². The predicted molar refractivity (Wildman–Crippen MR) is 92.9 cm³/mol. The van der Waals surface area contributed by atoms with Gasteiger partial charge in [0.15, 0.2) is 0 Å². The summed E-state index contributed by atoms with van der Waals surface area (Å²) in [7, 11) is 2.11. The second-order valence-corrected chi connectivity index (χ2v) is 6.63. The lowest BCUT2D eigenvalue weighted by molar-refractivity contribution is 0.497. The van der Waals surface area contributed by atoms with Crippen molar-refractivity contribution in [2.45, 2.75) is 83.6 Å². The van der Waals surface area contributed by atoms with E-state index in [1.807, 2.05) is 0 Å². The van der Waals surface area contributed by atoms with Gasteiger partial charge in [-0.05, 0) is 55.8 Å². The molecule has 1 aromatic carbocycles. The van der Waals surface area contributed by atoms with Crippen LogP contribution < -0.4 is 5.32 Å². The van der Waals surface area contributed by atoms with Gasteiger partial charge in [-0.2, -0.15) is 0 Å². The van der Waals surface area contributed by atoms with Crippen LogP contribution in [0.3, 0.4) is 0 Å². The minimum Gasteiger partial charge on any atom is -0.313 e. The molecule has 1 aliphatic carbocycles. The first-order chi connectivity index (χ1) is 10.3. The molecule has 1 heteroatoms. The van der Waals surface area contributed by atoms with Gasteiger partial charge in [0.05, 0.1) is 0 Å². The van der Waals surface area contributed by atoms with E-state index in [0.717, 1.165) is 0 Å². The van der Waals surface area contributed by atoms with Crippen molar-refractivity contribution in [3.63, 3.8) is 0 Å². The molecule has 1 nitrogen and oxygen atoms in total. The van der Waals surface area contributed by atoms with Crippen LogP contribution in [0.1, 0.15) is 87.4 Å². The second kappa shape index (κ2) is 9.25. The van der Waals surface area contributed by atoms with Crippen LogP contribution in [0.15, 0.2) is 18.2 Å². The monoisotopic (exact) mass is 287 g/mol. The third-order valence-electron chi connectivity index (χ3n) is 4.97. The number of benzene rings is 1. The lowest BCUT2D eigenvalue weighted by Crippen LogP contribution is -2.17. The second-order valence-electron chi connectivity index (χ2n) is 6.63. The van der Waals surface area contributed by atoms with Gasteiger partial charge in [-0.15, -0.1) is 0 Å². The molecular weight excluding hydrogens is 254 g/mol. The Kier molecular flexibility index (Phi) is 7.29. The van der Waals surface area contributed by atoms with Gasteiger partial charge < -0.3 is 5.32 Å². The summed E-state index contributed by atoms with van der Waals surface area (Å²) in [5.41, 5.74) is 4.72. The van der Waals surface area contributed by atoms with E-state index < -0.39 is 0 Å². The van der Waals surface area contributed by atoms with Crippen LogP contribution in [0.4, 0.5) is 0 Å². The number of rotatable bonds is 9. The Morgan fingerprint density at radius 3 is 2.43 bits per heavy atom. The molecule has 1 N–H and O–H groups in total. The van der Waals surface area contributed by atoms with Crippen LogP contribution in [-0.4, -0.2) is 7.05 Å². The van der Waals surface area contributed by atoms with E-state index in [0.29, 0.717) is 6.04 Å². The van der Waals surface area contributed by atoms with Gasteiger partial charge in [0.25, 0.3) is 0 Å². The lowest BCUT2D eigenvalue weighted by atomic mass is 9.88. The zero-order chi connectivity index (χ0) is 14.9. The van der Waals surface area contributed by atoms with E-state index in [1.165, 1.54) is 76.2 Å². The maximum atomic E-state index is 3.53. The van der Waals surface area contributed by atoms with Gasteiger partial charge in [0, 0.05) is 6.04 Å². The largest absolute Gasteiger partial charge is 0.313 e. The lowest BCUT2D eigenvalue weighted by Gasteiger charge is -2.21. The van der Waals surface area contributed by atoms with Crippen LogP contribution in [0.2, 0.25) is 0 Å². The van der Waals surface area contributed by atoms with E-state index in [-0.39, 0.29) is 0 Å². The molecule has 0 heterocycles. The fourth-order valence-corrected chi connectivity index (χ4v) is 3.58. The summed E-state index contributed by atoms with van der Waals surface area (Å²) in [6, 6.07) is 7.77. The first-order valence-electron chi connectivity index (χ1n) is 9.14. The quantitative estimate of drug-likeness (QED) is 0.585. The first kappa shape index (κ1) is 16.5. The summed E-state index contributed by atoms with van der Waals surface area (Å²) >= 11 is 0. The molecule has 0 fully saturated rings. The highest BCUT2D eigenvalue weighted by molar-refractivity contribution is 5.35. The van der Waals surface area contributed by atoms with E-state index in [2.05, 4.69) is 37.5 Å². The Balaban J connectivity index is 1.83. The zero-order valence-corrected chi connectivity index (χ0v) is 14.1. The van der Waals surface area contributed by atoms with Crippen LogP contribution in [0.5, 0.6) is 0 Å².